The van der Waals surface area contributed by atoms with E-state index in [9.17, 15) is 4.79 Å². The largest absolute Gasteiger partial charge is 0.334 e. The van der Waals surface area contributed by atoms with Crippen LogP contribution in [0.2, 0.25) is 0 Å². The summed E-state index contributed by atoms with van der Waals surface area (Å²) in [6, 6.07) is 11.6. The van der Waals surface area contributed by atoms with Gasteiger partial charge in [0, 0.05) is 23.5 Å². The summed E-state index contributed by atoms with van der Waals surface area (Å²) >= 11 is 5.10. The summed E-state index contributed by atoms with van der Waals surface area (Å²) in [5.74, 6) is 0.0561. The molecule has 3 nitrogen and oxygen atoms in total. The molecule has 0 unspecified atom stereocenters. The number of benzene rings is 1. The van der Waals surface area contributed by atoms with E-state index in [2.05, 4.69) is 15.9 Å². The van der Waals surface area contributed by atoms with E-state index >= 15 is 0 Å². The third-order valence-electron chi connectivity index (χ3n) is 3.08. The average molecular weight is 353 g/mol. The Morgan fingerprint density at radius 2 is 1.95 bits per heavy atom. The number of hydrogen-bond donors (Lipinski definition) is 1. The molecule has 1 aromatic heterocycles. The summed E-state index contributed by atoms with van der Waals surface area (Å²) in [7, 11) is 0. The van der Waals surface area contributed by atoms with Crippen LogP contribution in [-0.2, 0) is 13.1 Å². The van der Waals surface area contributed by atoms with Gasteiger partial charge in [0.05, 0.1) is 10.3 Å². The van der Waals surface area contributed by atoms with Crippen molar-refractivity contribution in [1.29, 1.82) is 0 Å². The minimum absolute atomic E-state index is 0.0561. The molecule has 0 radical (unpaired) electrons. The molecule has 1 amide bonds. The van der Waals surface area contributed by atoms with E-state index < -0.39 is 0 Å². The molecule has 0 spiro atoms. The van der Waals surface area contributed by atoms with Crippen molar-refractivity contribution < 1.29 is 4.79 Å². The van der Waals surface area contributed by atoms with Crippen LogP contribution in [-0.4, -0.2) is 17.4 Å². The first kappa shape index (κ1) is 15.2. The first-order valence-electron chi connectivity index (χ1n) is 6.46. The van der Waals surface area contributed by atoms with E-state index in [0.717, 1.165) is 9.35 Å². The van der Waals surface area contributed by atoms with E-state index in [0.29, 0.717) is 25.2 Å². The van der Waals surface area contributed by atoms with Crippen LogP contribution < -0.4 is 5.73 Å². The SMILES string of the molecule is CCN(Cc1ccc(Br)s1)C(=O)c1ccc(CN)cc1. The second kappa shape index (κ2) is 7.02. The molecule has 20 heavy (non-hydrogen) atoms. The van der Waals surface area contributed by atoms with Gasteiger partial charge in [0.15, 0.2) is 0 Å². The molecule has 0 aliphatic heterocycles. The van der Waals surface area contributed by atoms with Crippen molar-refractivity contribution in [1.82, 2.24) is 4.90 Å². The number of carbonyl (C=O) groups is 1. The standard InChI is InChI=1S/C15H17BrN2OS/c1-2-18(10-13-7-8-14(16)20-13)15(19)12-5-3-11(9-17)4-6-12/h3-8H,2,9-10,17H2,1H3. The summed E-state index contributed by atoms with van der Waals surface area (Å²) < 4.78 is 1.09. The zero-order valence-electron chi connectivity index (χ0n) is 11.3. The molecule has 1 heterocycles. The second-order valence-corrected chi connectivity index (χ2v) is 6.97. The van der Waals surface area contributed by atoms with E-state index in [1.165, 1.54) is 4.88 Å². The molecule has 0 aliphatic carbocycles. The van der Waals surface area contributed by atoms with Crippen molar-refractivity contribution in [3.05, 3.63) is 56.2 Å². The number of hydrogen-bond acceptors (Lipinski definition) is 3. The first-order valence-corrected chi connectivity index (χ1v) is 8.07. The number of nitrogens with two attached hydrogens (primary N) is 1. The molecule has 0 aliphatic rings. The van der Waals surface area contributed by atoms with Crippen molar-refractivity contribution in [3.63, 3.8) is 0 Å². The molecule has 0 atom stereocenters. The second-order valence-electron chi connectivity index (χ2n) is 4.43. The number of amides is 1. The maximum atomic E-state index is 12.5. The molecule has 0 fully saturated rings. The predicted octanol–water partition coefficient (Wildman–Crippen LogP) is 3.63. The van der Waals surface area contributed by atoms with Crippen LogP contribution in [0.15, 0.2) is 40.2 Å². The van der Waals surface area contributed by atoms with Crippen LogP contribution >= 0.6 is 27.3 Å². The fourth-order valence-electron chi connectivity index (χ4n) is 1.92. The lowest BCUT2D eigenvalue weighted by molar-refractivity contribution is 0.0754. The molecule has 5 heteroatoms. The Kier molecular flexibility index (Phi) is 5.34. The minimum atomic E-state index is 0.0561. The molecule has 2 aromatic rings. The normalized spacial score (nSPS) is 10.6. The van der Waals surface area contributed by atoms with Crippen LogP contribution in [0.1, 0.15) is 27.7 Å². The Bertz CT molecular complexity index is 580. The first-order chi connectivity index (χ1) is 9.63. The van der Waals surface area contributed by atoms with Crippen LogP contribution in [0, 0.1) is 0 Å². The highest BCUT2D eigenvalue weighted by atomic mass is 79.9. The van der Waals surface area contributed by atoms with Gasteiger partial charge in [-0.3, -0.25) is 4.79 Å². The van der Waals surface area contributed by atoms with E-state index in [1.807, 2.05) is 48.2 Å². The third kappa shape index (κ3) is 3.69. The van der Waals surface area contributed by atoms with Gasteiger partial charge in [-0.15, -0.1) is 11.3 Å². The summed E-state index contributed by atoms with van der Waals surface area (Å²) in [6.45, 7) is 3.82. The maximum Gasteiger partial charge on any atom is 0.254 e. The summed E-state index contributed by atoms with van der Waals surface area (Å²) in [6.07, 6.45) is 0. The van der Waals surface area contributed by atoms with Gasteiger partial charge < -0.3 is 10.6 Å². The molecular weight excluding hydrogens is 336 g/mol. The van der Waals surface area contributed by atoms with Gasteiger partial charge in [-0.2, -0.15) is 0 Å². The Hall–Kier alpha value is -1.17. The Morgan fingerprint density at radius 3 is 2.45 bits per heavy atom. The van der Waals surface area contributed by atoms with Crippen molar-refractivity contribution in [3.8, 4) is 0 Å². The molecule has 2 rings (SSSR count). The molecule has 2 N–H and O–H groups in total. The van der Waals surface area contributed by atoms with Gasteiger partial charge in [-0.05, 0) is 52.7 Å². The monoisotopic (exact) mass is 352 g/mol. The molecule has 106 valence electrons. The Morgan fingerprint density at radius 1 is 1.25 bits per heavy atom. The average Bonchev–Trinajstić information content (AvgIpc) is 2.89. The van der Waals surface area contributed by atoms with Crippen molar-refractivity contribution in [2.24, 2.45) is 5.73 Å². The van der Waals surface area contributed by atoms with Crippen LogP contribution in [0.25, 0.3) is 0 Å². The van der Waals surface area contributed by atoms with Crippen molar-refractivity contribution in [2.45, 2.75) is 20.0 Å². The molecule has 0 saturated carbocycles. The highest BCUT2D eigenvalue weighted by molar-refractivity contribution is 9.11. The number of carbonyl (C=O) groups excluding carboxylic acids is 1. The van der Waals surface area contributed by atoms with Gasteiger partial charge in [-0.25, -0.2) is 0 Å². The minimum Gasteiger partial charge on any atom is -0.334 e. The van der Waals surface area contributed by atoms with Gasteiger partial charge >= 0.3 is 0 Å². The summed E-state index contributed by atoms with van der Waals surface area (Å²) in [4.78, 5) is 15.5. The quantitative estimate of drug-likeness (QED) is 0.892. The van der Waals surface area contributed by atoms with E-state index in [4.69, 9.17) is 5.73 Å². The number of rotatable bonds is 5. The predicted molar refractivity (Wildman–Crippen MR) is 86.8 cm³/mol. The molecule has 0 saturated heterocycles. The molecule has 1 aromatic carbocycles. The van der Waals surface area contributed by atoms with Gasteiger partial charge in [0.1, 0.15) is 0 Å². The highest BCUT2D eigenvalue weighted by Gasteiger charge is 2.15. The summed E-state index contributed by atoms with van der Waals surface area (Å²) in [5, 5.41) is 0. The third-order valence-corrected chi connectivity index (χ3v) is 4.69. The maximum absolute atomic E-state index is 12.5. The molecular formula is C15H17BrN2OS. The number of nitrogens with zero attached hydrogens (tertiary/aromatic N) is 1. The lowest BCUT2D eigenvalue weighted by atomic mass is 10.1. The molecule has 0 bridgehead atoms. The topological polar surface area (TPSA) is 46.3 Å². The Balaban J connectivity index is 2.11. The van der Waals surface area contributed by atoms with Gasteiger partial charge in [-0.1, -0.05) is 12.1 Å². The zero-order chi connectivity index (χ0) is 14.5. The van der Waals surface area contributed by atoms with E-state index in [-0.39, 0.29) is 5.91 Å². The number of halogens is 1. The van der Waals surface area contributed by atoms with E-state index in [1.54, 1.807) is 11.3 Å². The lowest BCUT2D eigenvalue weighted by Crippen LogP contribution is -2.29. The Labute approximate surface area is 131 Å². The lowest BCUT2D eigenvalue weighted by Gasteiger charge is -2.20. The van der Waals surface area contributed by atoms with Gasteiger partial charge in [0.25, 0.3) is 5.91 Å². The summed E-state index contributed by atoms with van der Waals surface area (Å²) in [5.41, 5.74) is 7.31. The highest BCUT2D eigenvalue weighted by Crippen LogP contribution is 2.23. The number of thiophene rings is 1. The van der Waals surface area contributed by atoms with Crippen LogP contribution in [0.4, 0.5) is 0 Å². The van der Waals surface area contributed by atoms with Crippen LogP contribution in [0.3, 0.4) is 0 Å². The van der Waals surface area contributed by atoms with Crippen molar-refractivity contribution in [2.75, 3.05) is 6.54 Å². The van der Waals surface area contributed by atoms with Crippen LogP contribution in [0.5, 0.6) is 0 Å². The zero-order valence-corrected chi connectivity index (χ0v) is 13.7. The fraction of sp³-hybridized carbons (Fsp3) is 0.267. The smallest absolute Gasteiger partial charge is 0.254 e. The fourth-order valence-corrected chi connectivity index (χ4v) is 3.42. The van der Waals surface area contributed by atoms with Crippen molar-refractivity contribution >= 4 is 33.2 Å². The van der Waals surface area contributed by atoms with Gasteiger partial charge in [0.2, 0.25) is 0 Å².